The Balaban J connectivity index is 0.000000187. The number of nitrogens with zero attached hydrogens (tertiary/aromatic N) is 12. The molecular formula is C85H102Cl10N16O14S5. The number of fused-ring (bicyclic) bond motifs is 5. The number of carbonyl (C=O) groups excluding carboxylic acids is 3. The van der Waals surface area contributed by atoms with Crippen molar-refractivity contribution in [3.05, 3.63) is 154 Å². The summed E-state index contributed by atoms with van der Waals surface area (Å²) in [5, 5.41) is 47.0. The van der Waals surface area contributed by atoms with Gasteiger partial charge in [-0.05, 0) is 90.3 Å². The van der Waals surface area contributed by atoms with Gasteiger partial charge in [-0.15, -0.1) is 23.5 Å². The summed E-state index contributed by atoms with van der Waals surface area (Å²) in [5.74, 6) is -1.16. The fraction of sp³-hybridized carbons (Fsp3) is 0.482. The number of amides is 3. The maximum atomic E-state index is 13.0. The summed E-state index contributed by atoms with van der Waals surface area (Å²) in [6, 6.07) is 16.4. The topological polar surface area (TPSA) is 402 Å². The first kappa shape index (κ1) is 108. The minimum atomic E-state index is -3.90. The third-order valence-corrected chi connectivity index (χ3v) is 29.5. The van der Waals surface area contributed by atoms with Crippen LogP contribution in [0.5, 0.6) is 0 Å². The molecule has 0 saturated carbocycles. The Labute approximate surface area is 818 Å². The number of aliphatic carboxylic acids is 1. The number of quaternary nitrogens is 2. The molecule has 13 rings (SSSR count). The number of aromatic nitrogens is 10. The Morgan fingerprint density at radius 1 is 0.423 bits per heavy atom. The molecule has 3 fully saturated rings. The van der Waals surface area contributed by atoms with E-state index in [0.717, 1.165) is 76.5 Å². The van der Waals surface area contributed by atoms with Crippen LogP contribution in [0, 0.1) is 15.1 Å². The molecule has 0 aliphatic carbocycles. The minimum Gasteiger partial charge on any atom is -0.633 e. The number of benzene rings is 5. The van der Waals surface area contributed by atoms with Gasteiger partial charge in [-0.3, -0.25) is 24.1 Å². The average Bonchev–Trinajstić information content (AvgIpc) is 0.763. The van der Waals surface area contributed by atoms with E-state index in [1.54, 1.807) is 60.3 Å². The van der Waals surface area contributed by atoms with Crippen molar-refractivity contribution < 1.29 is 64.6 Å². The lowest BCUT2D eigenvalue weighted by Gasteiger charge is -2.45. The van der Waals surface area contributed by atoms with Gasteiger partial charge in [0.2, 0.25) is 17.7 Å². The van der Waals surface area contributed by atoms with Crippen LogP contribution in [0.3, 0.4) is 0 Å². The highest BCUT2D eigenvalue weighted by atomic mass is 35.5. The largest absolute Gasteiger partial charge is 0.633 e. The molecule has 130 heavy (non-hydrogen) atoms. The third-order valence-electron chi connectivity index (χ3n) is 20.3. The maximum absolute atomic E-state index is 13.0. The average molecular weight is 2090 g/mol. The zero-order valence-corrected chi connectivity index (χ0v) is 84.6. The van der Waals surface area contributed by atoms with Gasteiger partial charge in [0, 0.05) is 56.9 Å². The lowest BCUT2D eigenvalue weighted by molar-refractivity contribution is -0.887. The molecule has 5 aromatic carbocycles. The lowest BCUT2D eigenvalue weighted by Crippen LogP contribution is -2.53. The van der Waals surface area contributed by atoms with Gasteiger partial charge in [0.25, 0.3) is 0 Å². The second-order valence-corrected chi connectivity index (χ2v) is 42.8. The normalized spacial score (nSPS) is 14.7. The number of carboxylic acid groups (broad SMARTS) is 1. The highest BCUT2D eigenvalue weighted by Gasteiger charge is 2.31. The lowest BCUT2D eigenvalue weighted by atomic mass is 10.1. The molecule has 706 valence electrons. The second-order valence-electron chi connectivity index (χ2n) is 32.1. The molecule has 3 amide bonds. The summed E-state index contributed by atoms with van der Waals surface area (Å²) in [5.41, 5.74) is 9.12. The van der Waals surface area contributed by atoms with E-state index in [9.17, 15) is 46.4 Å². The van der Waals surface area contributed by atoms with Crippen LogP contribution in [0.2, 0.25) is 50.2 Å². The van der Waals surface area contributed by atoms with Crippen molar-refractivity contribution in [1.82, 2.24) is 70.7 Å². The number of sulfone groups is 2. The number of aromatic amines is 1. The molecule has 30 nitrogen and oxygen atoms in total. The van der Waals surface area contributed by atoms with Gasteiger partial charge >= 0.3 is 5.97 Å². The predicted octanol–water partition coefficient (Wildman–Crippen LogP) is 18.7. The smallest absolute Gasteiger partial charge is 0.304 e. The summed E-state index contributed by atoms with van der Waals surface area (Å²) in [7, 11) is -7.79. The molecule has 0 bridgehead atoms. The number of halogens is 10. The summed E-state index contributed by atoms with van der Waals surface area (Å²) in [4.78, 5) is 93.2. The van der Waals surface area contributed by atoms with E-state index in [0.29, 0.717) is 172 Å². The Bertz CT molecular complexity index is 5850. The number of hydrogen-bond donors (Lipinski definition) is 5. The first-order valence-corrected chi connectivity index (χ1v) is 51.2. The quantitative estimate of drug-likeness (QED) is 0.0121. The van der Waals surface area contributed by atoms with E-state index in [4.69, 9.17) is 158 Å². The van der Waals surface area contributed by atoms with Crippen LogP contribution in [-0.4, -0.2) is 251 Å². The van der Waals surface area contributed by atoms with Gasteiger partial charge < -0.3 is 60.0 Å². The van der Waals surface area contributed by atoms with Crippen LogP contribution in [0.15, 0.2) is 80.8 Å². The molecule has 0 unspecified atom stereocenters. The number of rotatable bonds is 30. The molecular weight excluding hydrogens is 1980 g/mol. The molecule has 0 spiro atoms. The molecule has 3 aliphatic heterocycles. The van der Waals surface area contributed by atoms with E-state index >= 15 is 0 Å². The number of hydrogen-bond acceptors (Lipinski definition) is 26. The Morgan fingerprint density at radius 2 is 0.715 bits per heavy atom. The van der Waals surface area contributed by atoms with Crippen LogP contribution in [0.25, 0.3) is 55.2 Å². The van der Waals surface area contributed by atoms with Crippen LogP contribution in [-0.2, 0) is 53.1 Å². The van der Waals surface area contributed by atoms with Crippen molar-refractivity contribution in [3.63, 3.8) is 0 Å². The molecule has 0 atom stereocenters. The molecule has 3 aliphatic rings. The fourth-order valence-corrected chi connectivity index (χ4v) is 20.1. The summed E-state index contributed by atoms with van der Waals surface area (Å²) in [6.45, 7) is 28.3. The fourth-order valence-electron chi connectivity index (χ4n) is 13.0. The summed E-state index contributed by atoms with van der Waals surface area (Å²) in [6.07, 6.45) is 0.0293. The van der Waals surface area contributed by atoms with E-state index in [2.05, 4.69) is 88.4 Å². The number of carbonyl (C=O) groups is 4. The molecule has 3 saturated heterocycles. The molecule has 45 heteroatoms. The van der Waals surface area contributed by atoms with Crippen molar-refractivity contribution in [3.8, 4) is 0 Å². The molecule has 5 aromatic heterocycles. The van der Waals surface area contributed by atoms with Gasteiger partial charge in [0.05, 0.1) is 218 Å². The number of morpholine rings is 3. The van der Waals surface area contributed by atoms with E-state index in [1.165, 1.54) is 23.9 Å². The van der Waals surface area contributed by atoms with Crippen LogP contribution >= 0.6 is 152 Å². The van der Waals surface area contributed by atoms with Crippen LogP contribution < -0.4 is 16.0 Å². The molecule has 10 aromatic rings. The van der Waals surface area contributed by atoms with Gasteiger partial charge in [-0.25, -0.2) is 61.7 Å². The summed E-state index contributed by atoms with van der Waals surface area (Å²) >= 11 is 68.5. The van der Waals surface area contributed by atoms with Gasteiger partial charge in [-0.1, -0.05) is 197 Å². The number of thioether (sulfide) groups is 2. The second kappa shape index (κ2) is 49.7. The van der Waals surface area contributed by atoms with Gasteiger partial charge in [0.1, 0.15) is 40.9 Å². The molecule has 0 radical (unpaired) electrons. The maximum Gasteiger partial charge on any atom is 0.304 e. The van der Waals surface area contributed by atoms with Crippen LogP contribution in [0.4, 0.5) is 0 Å². The highest BCUT2D eigenvalue weighted by Crippen LogP contribution is 2.37. The van der Waals surface area contributed by atoms with Crippen molar-refractivity contribution in [2.45, 2.75) is 145 Å². The standard InChI is InChI=1S/2C20H26Cl2N4O5S.C20H26Cl2N4O2S.C14H14Cl2N2O2S.C11H10Cl2N2S/c2*1-13(2)19-20(25-17-12-15(22)14(21)11-16(17)24-19)32(29,30)10-3-18(27)23-4-5-26(28)6-8-31-9-7-26;1-13(2)19-20(25-17-12-15(22)14(21)11-16(17)24-19)29-10-3-18(27)23-4-5-26-6-8-28-9-7-26;1-7(2)13-14(21-4-3-12(19)20)18-11-6-9(16)8(15)5-10(11)17-13;1-5(2)10-11(16)15-9-4-7(13)6(12)3-8(9)14-10/h2*11-13H,3-10H2,1-2H3,(H,23,27);11-13H,3-10H2,1-2H3,(H,23,27);5-7H,3-4H2,1-2H3,(H,19,20);3-5H,1-2H3,(H,15,16). The molecule has 8 heterocycles. The zero-order chi connectivity index (χ0) is 95.3. The minimum absolute atomic E-state index is 0.0560. The van der Waals surface area contributed by atoms with Crippen molar-refractivity contribution >= 4 is 250 Å². The third kappa shape index (κ3) is 31.6. The number of carboxylic acids is 1. The Morgan fingerprint density at radius 3 is 1.07 bits per heavy atom. The van der Waals surface area contributed by atoms with E-state index in [1.807, 2.05) is 41.5 Å². The van der Waals surface area contributed by atoms with E-state index in [-0.39, 0.29) is 101 Å². The summed E-state index contributed by atoms with van der Waals surface area (Å²) < 4.78 is 67.6. The number of H-pyrrole nitrogens is 1. The predicted molar refractivity (Wildman–Crippen MR) is 522 cm³/mol. The Kier molecular flexibility index (Phi) is 41.2. The van der Waals surface area contributed by atoms with Crippen molar-refractivity contribution in [2.24, 2.45) is 0 Å². The van der Waals surface area contributed by atoms with Crippen molar-refractivity contribution in [2.75, 3.05) is 141 Å². The van der Waals surface area contributed by atoms with Gasteiger partial charge in [-0.2, -0.15) is 0 Å². The first-order chi connectivity index (χ1) is 61.3. The highest BCUT2D eigenvalue weighted by molar-refractivity contribution is 7.99. The van der Waals surface area contributed by atoms with Crippen molar-refractivity contribution in [1.29, 1.82) is 0 Å². The number of nitrogens with one attached hydrogen (secondary N) is 4. The SMILES string of the molecule is CC(C)c1nc2cc(Cl)c(Cl)cc2[nH]c1=S.CC(C)c1nc2cc(Cl)c(Cl)cc2nc1S(=O)(=O)CCC(=O)NCC[N+]1([O-])CCOCC1.CC(C)c1nc2cc(Cl)c(Cl)cc2nc1S(=O)(=O)CCC(=O)NCC[N+]1([O-])CCOCC1.CC(C)c1nc2cc(Cl)c(Cl)cc2nc1SCCC(=O)NCCN1CCOCC1.CC(C)c1nc2cc(Cl)c(Cl)cc2nc1SCCC(=O)O. The van der Waals surface area contributed by atoms with Gasteiger partial charge in [0.15, 0.2) is 29.7 Å². The van der Waals surface area contributed by atoms with E-state index < -0.39 is 58.3 Å². The molecule has 5 N–H and O–H groups in total. The van der Waals surface area contributed by atoms with Crippen LogP contribution in [0.1, 0.15) is 153 Å². The first-order valence-electron chi connectivity index (χ1n) is 41.7. The zero-order valence-electron chi connectivity index (χ0n) is 73.0. The monoisotopic (exact) mass is 2080 g/mol. The Hall–Kier alpha value is -5.92. The number of ether oxygens (including phenoxy) is 3. The number of hydroxylamine groups is 6.